The maximum absolute atomic E-state index is 13.4. The zero-order valence-corrected chi connectivity index (χ0v) is 12.3. The van der Waals surface area contributed by atoms with Crippen LogP contribution in [-0.2, 0) is 5.54 Å². The SMILES string of the molecule is CC(C)(C)n1nc(-c2ccc(F)c([N+](=O)[O-])c2)c(C#N)c1N. The lowest BCUT2D eigenvalue weighted by Gasteiger charge is -2.20. The van der Waals surface area contributed by atoms with Gasteiger partial charge in [0.2, 0.25) is 5.82 Å². The maximum Gasteiger partial charge on any atom is 0.305 e. The Morgan fingerprint density at radius 1 is 1.45 bits per heavy atom. The summed E-state index contributed by atoms with van der Waals surface area (Å²) >= 11 is 0. The first-order valence-corrected chi connectivity index (χ1v) is 6.40. The highest BCUT2D eigenvalue weighted by atomic mass is 19.1. The summed E-state index contributed by atoms with van der Waals surface area (Å²) in [5.41, 5.74) is 5.35. The molecule has 0 spiro atoms. The lowest BCUT2D eigenvalue weighted by atomic mass is 10.1. The molecule has 2 aromatic rings. The zero-order valence-electron chi connectivity index (χ0n) is 12.3. The van der Waals surface area contributed by atoms with Crippen LogP contribution in [0.5, 0.6) is 0 Å². The van der Waals surface area contributed by atoms with Gasteiger partial charge in [-0.25, -0.2) is 4.68 Å². The van der Waals surface area contributed by atoms with E-state index in [4.69, 9.17) is 5.73 Å². The van der Waals surface area contributed by atoms with Gasteiger partial charge in [-0.05, 0) is 32.9 Å². The van der Waals surface area contributed by atoms with E-state index in [-0.39, 0.29) is 22.6 Å². The van der Waals surface area contributed by atoms with Crippen LogP contribution >= 0.6 is 0 Å². The number of nitriles is 1. The molecule has 0 aliphatic heterocycles. The molecule has 1 aromatic carbocycles. The van der Waals surface area contributed by atoms with E-state index in [0.717, 1.165) is 12.1 Å². The summed E-state index contributed by atoms with van der Waals surface area (Å²) < 4.78 is 14.9. The van der Waals surface area contributed by atoms with E-state index in [9.17, 15) is 19.8 Å². The number of nitrogen functional groups attached to an aromatic ring is 1. The van der Waals surface area contributed by atoms with Crippen LogP contribution in [0.25, 0.3) is 11.3 Å². The van der Waals surface area contributed by atoms with E-state index in [2.05, 4.69) is 5.10 Å². The van der Waals surface area contributed by atoms with Crippen molar-refractivity contribution >= 4 is 11.5 Å². The first-order chi connectivity index (χ1) is 10.2. The monoisotopic (exact) mass is 303 g/mol. The largest absolute Gasteiger partial charge is 0.383 e. The van der Waals surface area contributed by atoms with Gasteiger partial charge in [-0.2, -0.15) is 14.8 Å². The molecule has 2 rings (SSSR count). The van der Waals surface area contributed by atoms with E-state index in [1.54, 1.807) is 0 Å². The predicted octanol–water partition coefficient (Wildman–Crippen LogP) is 2.81. The Morgan fingerprint density at radius 3 is 2.59 bits per heavy atom. The molecule has 0 amide bonds. The zero-order chi connectivity index (χ0) is 16.7. The van der Waals surface area contributed by atoms with Crippen LogP contribution in [0.3, 0.4) is 0 Å². The average Bonchev–Trinajstić information content (AvgIpc) is 2.75. The van der Waals surface area contributed by atoms with E-state index in [0.29, 0.717) is 0 Å². The number of rotatable bonds is 2. The van der Waals surface area contributed by atoms with Crippen LogP contribution in [0, 0.1) is 27.3 Å². The van der Waals surface area contributed by atoms with Gasteiger partial charge in [0.05, 0.1) is 10.5 Å². The molecule has 0 radical (unpaired) electrons. The molecule has 0 aliphatic rings. The van der Waals surface area contributed by atoms with E-state index in [1.807, 2.05) is 26.8 Å². The first-order valence-electron chi connectivity index (χ1n) is 6.40. The molecular formula is C14H14FN5O2. The molecule has 0 saturated carbocycles. The quantitative estimate of drug-likeness (QED) is 0.677. The van der Waals surface area contributed by atoms with Crippen LogP contribution in [0.15, 0.2) is 18.2 Å². The van der Waals surface area contributed by atoms with Crippen molar-refractivity contribution < 1.29 is 9.31 Å². The molecule has 0 saturated heterocycles. The van der Waals surface area contributed by atoms with Crippen LogP contribution in [0.1, 0.15) is 26.3 Å². The third kappa shape index (κ3) is 2.48. The minimum Gasteiger partial charge on any atom is -0.383 e. The fraction of sp³-hybridized carbons (Fsp3) is 0.286. The molecule has 0 fully saturated rings. The number of hydrogen-bond acceptors (Lipinski definition) is 5. The van der Waals surface area contributed by atoms with Crippen molar-refractivity contribution in [2.24, 2.45) is 0 Å². The number of halogens is 1. The highest BCUT2D eigenvalue weighted by Crippen LogP contribution is 2.32. The van der Waals surface area contributed by atoms with Crippen molar-refractivity contribution in [1.82, 2.24) is 9.78 Å². The van der Waals surface area contributed by atoms with Gasteiger partial charge >= 0.3 is 5.69 Å². The van der Waals surface area contributed by atoms with Crippen molar-refractivity contribution in [3.8, 4) is 17.3 Å². The van der Waals surface area contributed by atoms with Crippen molar-refractivity contribution in [2.75, 3.05) is 5.73 Å². The average molecular weight is 303 g/mol. The van der Waals surface area contributed by atoms with E-state index < -0.39 is 22.0 Å². The molecule has 8 heteroatoms. The number of anilines is 1. The fourth-order valence-electron chi connectivity index (χ4n) is 2.05. The van der Waals surface area contributed by atoms with Crippen molar-refractivity contribution in [3.05, 3.63) is 39.7 Å². The van der Waals surface area contributed by atoms with Gasteiger partial charge in [0.1, 0.15) is 23.1 Å². The fourth-order valence-corrected chi connectivity index (χ4v) is 2.05. The van der Waals surface area contributed by atoms with Crippen LogP contribution in [0.2, 0.25) is 0 Å². The normalized spacial score (nSPS) is 11.2. The van der Waals surface area contributed by atoms with Gasteiger partial charge in [-0.1, -0.05) is 0 Å². The Hall–Kier alpha value is -2.95. The summed E-state index contributed by atoms with van der Waals surface area (Å²) in [7, 11) is 0. The molecule has 0 unspecified atom stereocenters. The molecule has 0 aliphatic carbocycles. The van der Waals surface area contributed by atoms with Gasteiger partial charge in [-0.15, -0.1) is 0 Å². The van der Waals surface area contributed by atoms with Gasteiger partial charge in [0.25, 0.3) is 0 Å². The molecule has 7 nitrogen and oxygen atoms in total. The van der Waals surface area contributed by atoms with Crippen LogP contribution < -0.4 is 5.73 Å². The predicted molar refractivity (Wildman–Crippen MR) is 78.4 cm³/mol. The third-order valence-electron chi connectivity index (χ3n) is 3.08. The summed E-state index contributed by atoms with van der Waals surface area (Å²) in [6.45, 7) is 5.57. The number of nitro groups is 1. The minimum absolute atomic E-state index is 0.107. The molecule has 114 valence electrons. The Labute approximate surface area is 125 Å². The smallest absolute Gasteiger partial charge is 0.305 e. The lowest BCUT2D eigenvalue weighted by Crippen LogP contribution is -2.24. The number of benzene rings is 1. The number of aromatic nitrogens is 2. The summed E-state index contributed by atoms with van der Waals surface area (Å²) in [6, 6.07) is 5.30. The summed E-state index contributed by atoms with van der Waals surface area (Å²) in [6.07, 6.45) is 0. The Morgan fingerprint density at radius 2 is 2.09 bits per heavy atom. The summed E-state index contributed by atoms with van der Waals surface area (Å²) in [5.74, 6) is -0.785. The Balaban J connectivity index is 2.71. The highest BCUT2D eigenvalue weighted by molar-refractivity contribution is 5.74. The number of hydrogen-bond donors (Lipinski definition) is 1. The molecule has 0 bridgehead atoms. The molecule has 1 heterocycles. The van der Waals surface area contributed by atoms with Crippen molar-refractivity contribution in [2.45, 2.75) is 26.3 Å². The minimum atomic E-state index is -0.949. The molecule has 2 N–H and O–H groups in total. The molecule has 1 aromatic heterocycles. The highest BCUT2D eigenvalue weighted by Gasteiger charge is 2.25. The summed E-state index contributed by atoms with van der Waals surface area (Å²) in [5, 5.41) is 24.4. The van der Waals surface area contributed by atoms with Gasteiger partial charge in [-0.3, -0.25) is 10.1 Å². The van der Waals surface area contributed by atoms with Crippen molar-refractivity contribution in [3.63, 3.8) is 0 Å². The summed E-state index contributed by atoms with van der Waals surface area (Å²) in [4.78, 5) is 10.0. The second kappa shape index (κ2) is 5.11. The van der Waals surface area contributed by atoms with E-state index >= 15 is 0 Å². The van der Waals surface area contributed by atoms with Gasteiger partial charge in [0, 0.05) is 11.6 Å². The topological polar surface area (TPSA) is 111 Å². The first kappa shape index (κ1) is 15.4. The van der Waals surface area contributed by atoms with Crippen LogP contribution in [-0.4, -0.2) is 14.7 Å². The van der Waals surface area contributed by atoms with E-state index in [1.165, 1.54) is 10.7 Å². The number of nitrogens with zero attached hydrogens (tertiary/aromatic N) is 4. The van der Waals surface area contributed by atoms with Gasteiger partial charge < -0.3 is 5.73 Å². The van der Waals surface area contributed by atoms with Gasteiger partial charge in [0.15, 0.2) is 0 Å². The second-order valence-electron chi connectivity index (χ2n) is 5.73. The Bertz CT molecular complexity index is 799. The molecule has 0 atom stereocenters. The Kier molecular flexibility index (Phi) is 3.58. The second-order valence-corrected chi connectivity index (χ2v) is 5.73. The number of nitrogens with two attached hydrogens (primary N) is 1. The molecular weight excluding hydrogens is 289 g/mol. The molecule has 22 heavy (non-hydrogen) atoms. The third-order valence-corrected chi connectivity index (χ3v) is 3.08. The maximum atomic E-state index is 13.4. The van der Waals surface area contributed by atoms with Crippen LogP contribution in [0.4, 0.5) is 15.9 Å². The standard InChI is InChI=1S/C14H14FN5O2/c1-14(2,3)19-13(17)9(7-16)12(18-19)8-4-5-10(15)11(6-8)20(21)22/h4-6H,17H2,1-3H3. The number of nitro benzene ring substituents is 1. The van der Waals surface area contributed by atoms with Crippen molar-refractivity contribution in [1.29, 1.82) is 5.26 Å². The lowest BCUT2D eigenvalue weighted by molar-refractivity contribution is -0.387.